The molecule has 0 fully saturated rings. The Morgan fingerprint density at radius 1 is 1.32 bits per heavy atom. The van der Waals surface area contributed by atoms with Crippen LogP contribution in [0, 0.1) is 5.92 Å². The second-order valence-electron chi connectivity index (χ2n) is 5.56. The summed E-state index contributed by atoms with van der Waals surface area (Å²) in [6, 6.07) is 4.65. The highest BCUT2D eigenvalue weighted by molar-refractivity contribution is 6.35. The zero-order valence-corrected chi connectivity index (χ0v) is 12.7. The largest absolute Gasteiger partial charge is 0.480 e. The fourth-order valence-corrected chi connectivity index (χ4v) is 3.04. The van der Waals surface area contributed by atoms with Gasteiger partial charge in [0.05, 0.1) is 5.41 Å². The molecule has 1 atom stereocenters. The van der Waals surface area contributed by atoms with Gasteiger partial charge in [0.25, 0.3) is 0 Å². The first-order valence-electron chi connectivity index (χ1n) is 6.55. The predicted molar refractivity (Wildman–Crippen MR) is 78.0 cm³/mol. The van der Waals surface area contributed by atoms with E-state index in [2.05, 4.69) is 5.32 Å². The molecule has 0 heterocycles. The molecular formula is C15H14ClNO5. The third-order valence-corrected chi connectivity index (χ3v) is 4.04. The number of hydrogen-bond acceptors (Lipinski definition) is 4. The molecule has 0 saturated heterocycles. The van der Waals surface area contributed by atoms with E-state index < -0.39 is 41.3 Å². The van der Waals surface area contributed by atoms with Crippen LogP contribution in [0.1, 0.15) is 29.8 Å². The van der Waals surface area contributed by atoms with Crippen molar-refractivity contribution in [1.29, 1.82) is 0 Å². The standard InChI is InChI=1S/C15H14ClNO5/c1-15(2)11-7(4-3-5-8(11)16)12(20)10(13(15)21)14(22)17-6-9(18)19/h3-5,10H,6H2,1-2H3,(H,17,22)(H,18,19). The minimum Gasteiger partial charge on any atom is -0.480 e. The third kappa shape index (κ3) is 2.50. The van der Waals surface area contributed by atoms with Crippen LogP contribution in [0.5, 0.6) is 0 Å². The maximum absolute atomic E-state index is 12.6. The number of benzene rings is 1. The number of fused-ring (bicyclic) bond motifs is 1. The summed E-state index contributed by atoms with van der Waals surface area (Å²) in [5.74, 6) is -4.98. The molecule has 2 N–H and O–H groups in total. The zero-order chi connectivity index (χ0) is 16.7. The smallest absolute Gasteiger partial charge is 0.322 e. The van der Waals surface area contributed by atoms with E-state index in [9.17, 15) is 19.2 Å². The van der Waals surface area contributed by atoms with E-state index in [0.29, 0.717) is 5.56 Å². The van der Waals surface area contributed by atoms with Crippen LogP contribution in [-0.2, 0) is 19.8 Å². The Balaban J connectivity index is 2.48. The van der Waals surface area contributed by atoms with Gasteiger partial charge in [-0.3, -0.25) is 19.2 Å². The Morgan fingerprint density at radius 3 is 2.55 bits per heavy atom. The Kier molecular flexibility index (Phi) is 4.06. The Bertz CT molecular complexity index is 695. The average molecular weight is 324 g/mol. The number of amides is 1. The van der Waals surface area contributed by atoms with E-state index in [1.807, 2.05) is 0 Å². The number of carbonyl (C=O) groups excluding carboxylic acids is 3. The van der Waals surface area contributed by atoms with Crippen LogP contribution in [0.2, 0.25) is 5.02 Å². The number of halogens is 1. The second kappa shape index (κ2) is 5.53. The number of ketones is 2. The molecule has 1 aliphatic rings. The normalized spacial score (nSPS) is 19.5. The average Bonchev–Trinajstić information content (AvgIpc) is 2.43. The van der Waals surface area contributed by atoms with Crippen molar-refractivity contribution in [3.63, 3.8) is 0 Å². The molecule has 2 rings (SSSR count). The minimum atomic E-state index is -1.56. The molecule has 0 radical (unpaired) electrons. The zero-order valence-electron chi connectivity index (χ0n) is 12.0. The first-order chi connectivity index (χ1) is 10.2. The fraction of sp³-hybridized carbons (Fsp3) is 0.333. The Hall–Kier alpha value is -2.21. The van der Waals surface area contributed by atoms with E-state index in [1.165, 1.54) is 6.07 Å². The SMILES string of the molecule is CC1(C)C(=O)C(C(=O)NCC(=O)O)C(=O)c2cccc(Cl)c21. The van der Waals surface area contributed by atoms with Crippen molar-refractivity contribution < 1.29 is 24.3 Å². The van der Waals surface area contributed by atoms with E-state index in [0.717, 1.165) is 0 Å². The molecule has 0 bridgehead atoms. The van der Waals surface area contributed by atoms with Gasteiger partial charge in [-0.25, -0.2) is 0 Å². The summed E-state index contributed by atoms with van der Waals surface area (Å²) in [5.41, 5.74) is -0.506. The summed E-state index contributed by atoms with van der Waals surface area (Å²) in [6.07, 6.45) is 0. The van der Waals surface area contributed by atoms with Gasteiger partial charge in [-0.05, 0) is 25.5 Å². The molecule has 0 saturated carbocycles. The minimum absolute atomic E-state index is 0.215. The molecule has 1 aromatic carbocycles. The summed E-state index contributed by atoms with van der Waals surface area (Å²) in [4.78, 5) is 47.6. The first kappa shape index (κ1) is 16.2. The lowest BCUT2D eigenvalue weighted by Crippen LogP contribution is -2.51. The van der Waals surface area contributed by atoms with Gasteiger partial charge in [0.1, 0.15) is 6.54 Å². The first-order valence-corrected chi connectivity index (χ1v) is 6.92. The van der Waals surface area contributed by atoms with Gasteiger partial charge < -0.3 is 10.4 Å². The van der Waals surface area contributed by atoms with Crippen molar-refractivity contribution in [2.45, 2.75) is 19.3 Å². The summed E-state index contributed by atoms with van der Waals surface area (Å²) in [5, 5.41) is 11.0. The van der Waals surface area contributed by atoms with Crippen molar-refractivity contribution in [3.8, 4) is 0 Å². The topological polar surface area (TPSA) is 101 Å². The lowest BCUT2D eigenvalue weighted by Gasteiger charge is -2.34. The highest BCUT2D eigenvalue weighted by atomic mass is 35.5. The van der Waals surface area contributed by atoms with Crippen LogP contribution in [0.3, 0.4) is 0 Å². The Labute approximate surface area is 131 Å². The monoisotopic (exact) mass is 323 g/mol. The summed E-state index contributed by atoms with van der Waals surface area (Å²) >= 11 is 6.10. The highest BCUT2D eigenvalue weighted by Gasteiger charge is 2.50. The summed E-state index contributed by atoms with van der Waals surface area (Å²) in [6.45, 7) is 2.52. The van der Waals surface area contributed by atoms with Crippen molar-refractivity contribution in [3.05, 3.63) is 34.3 Å². The number of carboxylic acid groups (broad SMARTS) is 1. The van der Waals surface area contributed by atoms with Crippen LogP contribution in [0.25, 0.3) is 0 Å². The Morgan fingerprint density at radius 2 is 1.95 bits per heavy atom. The van der Waals surface area contributed by atoms with E-state index >= 15 is 0 Å². The number of carbonyl (C=O) groups is 4. The van der Waals surface area contributed by atoms with Gasteiger partial charge in [0.15, 0.2) is 17.5 Å². The number of hydrogen-bond donors (Lipinski definition) is 2. The van der Waals surface area contributed by atoms with Crippen molar-refractivity contribution >= 4 is 35.0 Å². The van der Waals surface area contributed by atoms with E-state index in [-0.39, 0.29) is 10.6 Å². The van der Waals surface area contributed by atoms with Crippen molar-refractivity contribution in [2.24, 2.45) is 5.92 Å². The molecule has 0 aromatic heterocycles. The van der Waals surface area contributed by atoms with Crippen LogP contribution >= 0.6 is 11.6 Å². The molecule has 1 unspecified atom stereocenters. The molecule has 116 valence electrons. The molecular weight excluding hydrogens is 310 g/mol. The number of rotatable bonds is 3. The molecule has 6 nitrogen and oxygen atoms in total. The van der Waals surface area contributed by atoms with Gasteiger partial charge >= 0.3 is 5.97 Å². The number of aliphatic carboxylic acids is 1. The van der Waals surface area contributed by atoms with Gasteiger partial charge in [0, 0.05) is 10.6 Å². The van der Waals surface area contributed by atoms with Crippen LogP contribution in [-0.4, -0.2) is 35.1 Å². The molecule has 1 aliphatic carbocycles. The second-order valence-corrected chi connectivity index (χ2v) is 5.97. The van der Waals surface area contributed by atoms with Gasteiger partial charge in [-0.15, -0.1) is 0 Å². The van der Waals surface area contributed by atoms with Crippen LogP contribution in [0.15, 0.2) is 18.2 Å². The summed E-state index contributed by atoms with van der Waals surface area (Å²) in [7, 11) is 0. The van der Waals surface area contributed by atoms with E-state index in [4.69, 9.17) is 16.7 Å². The van der Waals surface area contributed by atoms with Crippen LogP contribution < -0.4 is 5.32 Å². The molecule has 0 spiro atoms. The number of nitrogens with one attached hydrogen (secondary N) is 1. The van der Waals surface area contributed by atoms with Crippen LogP contribution in [0.4, 0.5) is 0 Å². The van der Waals surface area contributed by atoms with E-state index in [1.54, 1.807) is 26.0 Å². The van der Waals surface area contributed by atoms with Gasteiger partial charge in [-0.1, -0.05) is 23.7 Å². The van der Waals surface area contributed by atoms with Crippen molar-refractivity contribution in [2.75, 3.05) is 6.54 Å². The highest BCUT2D eigenvalue weighted by Crippen LogP contribution is 2.40. The lowest BCUT2D eigenvalue weighted by atomic mass is 9.66. The molecule has 1 amide bonds. The maximum atomic E-state index is 12.6. The van der Waals surface area contributed by atoms with Gasteiger partial charge in [-0.2, -0.15) is 0 Å². The molecule has 7 heteroatoms. The number of carboxylic acids is 1. The fourth-order valence-electron chi connectivity index (χ4n) is 2.63. The molecule has 0 aliphatic heterocycles. The lowest BCUT2D eigenvalue weighted by molar-refractivity contribution is -0.140. The van der Waals surface area contributed by atoms with Gasteiger partial charge in [0.2, 0.25) is 5.91 Å². The molecule has 1 aromatic rings. The predicted octanol–water partition coefficient (Wildman–Crippen LogP) is 1.20. The molecule has 22 heavy (non-hydrogen) atoms. The third-order valence-electron chi connectivity index (χ3n) is 3.72. The maximum Gasteiger partial charge on any atom is 0.322 e. The number of Topliss-reactive ketones (excluding diaryl/α,β-unsaturated/α-hetero) is 2. The van der Waals surface area contributed by atoms with Crippen molar-refractivity contribution in [1.82, 2.24) is 5.32 Å². The quantitative estimate of drug-likeness (QED) is 0.814. The summed E-state index contributed by atoms with van der Waals surface area (Å²) < 4.78 is 0.